The predicted octanol–water partition coefficient (Wildman–Crippen LogP) is 2.42. The summed E-state index contributed by atoms with van der Waals surface area (Å²) >= 11 is 0. The molecule has 2 saturated carbocycles. The van der Waals surface area contributed by atoms with E-state index < -0.39 is 10.0 Å². The fraction of sp³-hybridized carbons (Fsp3) is 0.808. The Bertz CT molecular complexity index is 988. The lowest BCUT2D eigenvalue weighted by molar-refractivity contribution is 0.103. The summed E-state index contributed by atoms with van der Waals surface area (Å²) in [4.78, 5) is 11.9. The fourth-order valence-corrected chi connectivity index (χ4v) is 8.16. The molecule has 0 spiro atoms. The average molecular weight is 504 g/mol. The first-order valence-corrected chi connectivity index (χ1v) is 15.3. The highest BCUT2D eigenvalue weighted by Gasteiger charge is 2.53. The first-order chi connectivity index (χ1) is 16.9. The number of sulfonamides is 1. The van der Waals surface area contributed by atoms with Gasteiger partial charge in [-0.25, -0.2) is 13.4 Å². The molecule has 9 heteroatoms. The van der Waals surface area contributed by atoms with Gasteiger partial charge >= 0.3 is 0 Å². The van der Waals surface area contributed by atoms with Crippen LogP contribution in [-0.2, 0) is 10.0 Å². The van der Waals surface area contributed by atoms with Gasteiger partial charge in [-0.05, 0) is 96.1 Å². The SMILES string of the molecule is CC1(N2CCC(COc3ccc(N4CCN(S(=O)(=O)CC5(N6CCC6)CC5)CC4)nc3)CC2)CC1. The number of piperidine rings is 1. The minimum Gasteiger partial charge on any atom is -0.492 e. The third-order valence-corrected chi connectivity index (χ3v) is 11.4. The van der Waals surface area contributed by atoms with Crippen LogP contribution in [0.4, 0.5) is 5.82 Å². The van der Waals surface area contributed by atoms with Gasteiger partial charge in [0.25, 0.3) is 0 Å². The van der Waals surface area contributed by atoms with Crippen molar-refractivity contribution < 1.29 is 13.2 Å². The molecule has 0 radical (unpaired) electrons. The zero-order valence-corrected chi connectivity index (χ0v) is 22.0. The van der Waals surface area contributed by atoms with Crippen molar-refractivity contribution in [3.05, 3.63) is 18.3 Å². The Morgan fingerprint density at radius 2 is 1.66 bits per heavy atom. The van der Waals surface area contributed by atoms with Crippen LogP contribution in [-0.4, -0.2) is 103 Å². The first kappa shape index (κ1) is 23.9. The van der Waals surface area contributed by atoms with Gasteiger partial charge < -0.3 is 9.64 Å². The number of rotatable bonds is 9. The third kappa shape index (κ3) is 5.06. The molecule has 0 unspecified atom stereocenters. The van der Waals surface area contributed by atoms with Gasteiger partial charge in [0.05, 0.1) is 18.6 Å². The van der Waals surface area contributed by atoms with Crippen molar-refractivity contribution >= 4 is 15.8 Å². The molecule has 0 aromatic carbocycles. The smallest absolute Gasteiger partial charge is 0.216 e. The largest absolute Gasteiger partial charge is 0.492 e. The molecule has 0 atom stereocenters. The molecule has 4 heterocycles. The zero-order valence-electron chi connectivity index (χ0n) is 21.2. The van der Waals surface area contributed by atoms with Gasteiger partial charge in [0.15, 0.2) is 0 Å². The summed E-state index contributed by atoms with van der Waals surface area (Å²) in [7, 11) is -3.22. The monoisotopic (exact) mass is 503 g/mol. The highest BCUT2D eigenvalue weighted by Crippen LogP contribution is 2.45. The van der Waals surface area contributed by atoms with Gasteiger partial charge in [-0.15, -0.1) is 0 Å². The van der Waals surface area contributed by atoms with E-state index in [1.54, 1.807) is 4.31 Å². The Hall–Kier alpha value is -1.42. The molecular formula is C26H41N5O3S. The van der Waals surface area contributed by atoms with Crippen LogP contribution in [0.2, 0.25) is 0 Å². The van der Waals surface area contributed by atoms with Crippen LogP contribution in [0.1, 0.15) is 51.9 Å². The van der Waals surface area contributed by atoms with Gasteiger partial charge in [0.1, 0.15) is 11.6 Å². The summed E-state index contributed by atoms with van der Waals surface area (Å²) in [5.41, 5.74) is 0.437. The number of likely N-dealkylation sites (tertiary alicyclic amines) is 2. The summed E-state index contributed by atoms with van der Waals surface area (Å²) in [6.07, 6.45) is 10.2. The normalized spacial score (nSPS) is 27.4. The number of hydrogen-bond donors (Lipinski definition) is 0. The van der Waals surface area contributed by atoms with E-state index in [0.29, 0.717) is 43.4 Å². The zero-order chi connectivity index (χ0) is 24.1. The van der Waals surface area contributed by atoms with E-state index in [2.05, 4.69) is 26.6 Å². The van der Waals surface area contributed by atoms with Crippen LogP contribution in [0, 0.1) is 5.92 Å². The highest BCUT2D eigenvalue weighted by molar-refractivity contribution is 7.89. The maximum Gasteiger partial charge on any atom is 0.216 e. The maximum atomic E-state index is 13.1. The summed E-state index contributed by atoms with van der Waals surface area (Å²) in [6, 6.07) is 4.02. The van der Waals surface area contributed by atoms with E-state index in [4.69, 9.17) is 4.74 Å². The van der Waals surface area contributed by atoms with E-state index in [0.717, 1.165) is 44.1 Å². The van der Waals surface area contributed by atoms with Crippen LogP contribution in [0.3, 0.4) is 0 Å². The van der Waals surface area contributed by atoms with E-state index >= 15 is 0 Å². The second-order valence-electron chi connectivity index (χ2n) is 11.8. The molecule has 5 aliphatic rings. The second-order valence-corrected chi connectivity index (χ2v) is 13.8. The number of nitrogens with zero attached hydrogens (tertiary/aromatic N) is 5. The molecule has 6 rings (SSSR count). The molecule has 194 valence electrons. The molecule has 1 aromatic heterocycles. The quantitative estimate of drug-likeness (QED) is 0.513. The van der Waals surface area contributed by atoms with Gasteiger partial charge in [-0.3, -0.25) is 9.80 Å². The minimum atomic E-state index is -3.22. The third-order valence-electron chi connectivity index (χ3n) is 9.32. The molecule has 3 saturated heterocycles. The van der Waals surface area contributed by atoms with Crippen molar-refractivity contribution in [1.29, 1.82) is 0 Å². The number of pyridine rings is 1. The molecule has 35 heavy (non-hydrogen) atoms. The number of aromatic nitrogens is 1. The predicted molar refractivity (Wildman–Crippen MR) is 137 cm³/mol. The molecule has 1 aromatic rings. The number of piperazine rings is 1. The molecule has 2 aliphatic carbocycles. The molecular weight excluding hydrogens is 462 g/mol. The number of hydrogen-bond acceptors (Lipinski definition) is 7. The first-order valence-electron chi connectivity index (χ1n) is 13.7. The van der Waals surface area contributed by atoms with Crippen LogP contribution >= 0.6 is 0 Å². The van der Waals surface area contributed by atoms with Gasteiger partial charge in [0.2, 0.25) is 10.0 Å². The Morgan fingerprint density at radius 3 is 2.20 bits per heavy atom. The van der Waals surface area contributed by atoms with E-state index in [9.17, 15) is 8.42 Å². The van der Waals surface area contributed by atoms with Crippen molar-refractivity contribution in [1.82, 2.24) is 19.1 Å². The van der Waals surface area contributed by atoms with Crippen molar-refractivity contribution in [3.63, 3.8) is 0 Å². The van der Waals surface area contributed by atoms with Crippen LogP contribution < -0.4 is 9.64 Å². The average Bonchev–Trinajstić information content (AvgIpc) is 3.76. The summed E-state index contributed by atoms with van der Waals surface area (Å²) in [6.45, 7) is 10.1. The van der Waals surface area contributed by atoms with E-state index in [1.165, 1.54) is 45.2 Å². The highest BCUT2D eigenvalue weighted by atomic mass is 32.2. The second kappa shape index (κ2) is 9.15. The lowest BCUT2D eigenvalue weighted by Crippen LogP contribution is -2.55. The van der Waals surface area contributed by atoms with Gasteiger partial charge in [0, 0.05) is 37.3 Å². The topological polar surface area (TPSA) is 69.2 Å². The number of anilines is 1. The molecule has 0 N–H and O–H groups in total. The van der Waals surface area contributed by atoms with Crippen LogP contribution in [0.5, 0.6) is 5.75 Å². The van der Waals surface area contributed by atoms with E-state index in [1.807, 2.05) is 18.3 Å². The fourth-order valence-electron chi connectivity index (χ4n) is 6.11. The van der Waals surface area contributed by atoms with Gasteiger partial charge in [-0.2, -0.15) is 4.31 Å². The Morgan fingerprint density at radius 1 is 0.943 bits per heavy atom. The summed E-state index contributed by atoms with van der Waals surface area (Å²) in [5, 5.41) is 0. The Labute approximate surface area is 210 Å². The molecule has 0 amide bonds. The summed E-state index contributed by atoms with van der Waals surface area (Å²) < 4.78 is 34.0. The lowest BCUT2D eigenvalue weighted by Gasteiger charge is -2.40. The maximum absolute atomic E-state index is 13.1. The lowest BCUT2D eigenvalue weighted by atomic mass is 9.96. The Kier molecular flexibility index (Phi) is 6.26. The van der Waals surface area contributed by atoms with E-state index in [-0.39, 0.29) is 5.54 Å². The summed E-state index contributed by atoms with van der Waals surface area (Å²) in [5.74, 6) is 2.65. The van der Waals surface area contributed by atoms with Gasteiger partial charge in [-0.1, -0.05) is 0 Å². The van der Waals surface area contributed by atoms with Crippen LogP contribution in [0.25, 0.3) is 0 Å². The molecule has 5 fully saturated rings. The van der Waals surface area contributed by atoms with Crippen molar-refractivity contribution in [2.45, 2.75) is 62.9 Å². The van der Waals surface area contributed by atoms with Crippen molar-refractivity contribution in [3.8, 4) is 5.75 Å². The van der Waals surface area contributed by atoms with Crippen molar-refractivity contribution in [2.75, 3.05) is 69.6 Å². The molecule has 3 aliphatic heterocycles. The number of ether oxygens (including phenoxy) is 1. The molecule has 0 bridgehead atoms. The molecule has 8 nitrogen and oxygen atoms in total. The Balaban J connectivity index is 0.952. The standard InChI is InChI=1S/C26H41N5O3S/c1-25(7-8-25)29-13-5-22(6-14-29)20-34-23-3-4-24(27-19-23)28-15-17-31(18-16-28)35(32,33)21-26(9-10-26)30-11-2-12-30/h3-4,19,22H,2,5-18,20-21H2,1H3. The van der Waals surface area contributed by atoms with Crippen molar-refractivity contribution in [2.24, 2.45) is 5.92 Å². The van der Waals surface area contributed by atoms with Crippen LogP contribution in [0.15, 0.2) is 18.3 Å². The minimum absolute atomic E-state index is 0.0575.